The second-order valence-corrected chi connectivity index (χ2v) is 7.20. The van der Waals surface area contributed by atoms with Gasteiger partial charge in [-0.2, -0.15) is 4.52 Å². The van der Waals surface area contributed by atoms with Crippen molar-refractivity contribution in [3.05, 3.63) is 52.2 Å². The molecule has 0 aromatic carbocycles. The third-order valence-corrected chi connectivity index (χ3v) is 5.27. The molecule has 1 saturated carbocycles. The predicted octanol–water partition coefficient (Wildman–Crippen LogP) is 0.651. The number of carbonyl (C=O) groups excluding carboxylic acids is 1. The summed E-state index contributed by atoms with van der Waals surface area (Å²) in [5.41, 5.74) is 0.794. The number of aromatic amines is 1. The molecule has 3 aromatic rings. The number of fused-ring (bicyclic) bond motifs is 1. The maximum atomic E-state index is 12.5. The zero-order valence-corrected chi connectivity index (χ0v) is 14.9. The number of nitrogens with one attached hydrogen (secondary N) is 1. The van der Waals surface area contributed by atoms with Crippen molar-refractivity contribution in [2.75, 3.05) is 25.0 Å². The molecule has 2 fully saturated rings. The van der Waals surface area contributed by atoms with Gasteiger partial charge in [0.25, 0.3) is 5.91 Å². The van der Waals surface area contributed by atoms with Gasteiger partial charge in [0.05, 0.1) is 6.04 Å². The fourth-order valence-corrected chi connectivity index (χ4v) is 3.38. The minimum absolute atomic E-state index is 0.0718. The first-order valence-corrected chi connectivity index (χ1v) is 9.04. The number of amides is 1. The molecule has 27 heavy (non-hydrogen) atoms. The molecule has 138 valence electrons. The number of anilines is 1. The SMILES string of the molecule is CN(C(=O)c1cccc(=O)[nH]1)C1CN(c2ccc3nnc(C4CC4)n3n2)C1. The van der Waals surface area contributed by atoms with E-state index in [-0.39, 0.29) is 17.5 Å². The molecule has 0 radical (unpaired) electrons. The fraction of sp³-hybridized carbons (Fsp3) is 0.389. The maximum absolute atomic E-state index is 12.5. The number of nitrogens with zero attached hydrogens (tertiary/aromatic N) is 6. The van der Waals surface area contributed by atoms with Crippen LogP contribution in [-0.4, -0.2) is 61.8 Å². The van der Waals surface area contributed by atoms with Crippen molar-refractivity contribution in [2.45, 2.75) is 24.8 Å². The summed E-state index contributed by atoms with van der Waals surface area (Å²) in [5, 5.41) is 13.1. The average Bonchev–Trinajstić information content (AvgIpc) is 3.39. The minimum Gasteiger partial charge on any atom is -0.351 e. The third-order valence-electron chi connectivity index (χ3n) is 5.27. The zero-order valence-electron chi connectivity index (χ0n) is 14.9. The number of pyridine rings is 1. The number of rotatable bonds is 4. The van der Waals surface area contributed by atoms with Crippen LogP contribution in [0.1, 0.15) is 35.1 Å². The van der Waals surface area contributed by atoms with E-state index in [2.05, 4.69) is 20.1 Å². The molecule has 4 heterocycles. The molecule has 0 atom stereocenters. The van der Waals surface area contributed by atoms with Gasteiger partial charge < -0.3 is 14.8 Å². The van der Waals surface area contributed by atoms with E-state index < -0.39 is 0 Å². The summed E-state index contributed by atoms with van der Waals surface area (Å²) in [6.07, 6.45) is 2.29. The number of H-pyrrole nitrogens is 1. The van der Waals surface area contributed by atoms with E-state index in [4.69, 9.17) is 5.10 Å². The van der Waals surface area contributed by atoms with Crippen LogP contribution in [0.4, 0.5) is 5.82 Å². The topological polar surface area (TPSA) is 99.5 Å². The third kappa shape index (κ3) is 2.75. The molecule has 0 unspecified atom stereocenters. The molecule has 0 bridgehead atoms. The summed E-state index contributed by atoms with van der Waals surface area (Å²) in [6, 6.07) is 8.54. The van der Waals surface area contributed by atoms with Gasteiger partial charge >= 0.3 is 0 Å². The minimum atomic E-state index is -0.276. The highest BCUT2D eigenvalue weighted by Crippen LogP contribution is 2.38. The van der Waals surface area contributed by atoms with Gasteiger partial charge in [0, 0.05) is 32.1 Å². The van der Waals surface area contributed by atoms with Crippen molar-refractivity contribution < 1.29 is 4.79 Å². The Morgan fingerprint density at radius 2 is 2.00 bits per heavy atom. The first-order chi connectivity index (χ1) is 13.1. The van der Waals surface area contributed by atoms with Crippen LogP contribution in [0.5, 0.6) is 0 Å². The smallest absolute Gasteiger partial charge is 0.270 e. The van der Waals surface area contributed by atoms with Crippen LogP contribution in [-0.2, 0) is 0 Å². The Morgan fingerprint density at radius 1 is 1.19 bits per heavy atom. The molecule has 1 saturated heterocycles. The summed E-state index contributed by atoms with van der Waals surface area (Å²) < 4.78 is 1.84. The van der Waals surface area contributed by atoms with Gasteiger partial charge in [0.15, 0.2) is 11.5 Å². The van der Waals surface area contributed by atoms with Gasteiger partial charge in [-0.05, 0) is 31.0 Å². The van der Waals surface area contributed by atoms with Crippen molar-refractivity contribution in [2.24, 2.45) is 0 Å². The molecule has 0 spiro atoms. The van der Waals surface area contributed by atoms with Crippen molar-refractivity contribution >= 4 is 17.4 Å². The lowest BCUT2D eigenvalue weighted by atomic mass is 10.1. The van der Waals surface area contributed by atoms with E-state index in [1.807, 2.05) is 16.6 Å². The number of carbonyl (C=O) groups is 1. The summed E-state index contributed by atoms with van der Waals surface area (Å²) in [6.45, 7) is 1.39. The standard InChI is InChI=1S/C18H19N7O2/c1-23(18(27)13-3-2-4-16(26)19-13)12-9-24(10-12)15-8-7-14-20-21-17(11-5-6-11)25(14)22-15/h2-4,7-8,11-12H,5-6,9-10H2,1H3,(H,19,26). The quantitative estimate of drug-likeness (QED) is 0.729. The summed E-state index contributed by atoms with van der Waals surface area (Å²) >= 11 is 0. The Morgan fingerprint density at radius 3 is 2.74 bits per heavy atom. The van der Waals surface area contributed by atoms with E-state index in [9.17, 15) is 9.59 Å². The number of likely N-dealkylation sites (N-methyl/N-ethyl adjacent to an activating group) is 1. The van der Waals surface area contributed by atoms with Crippen LogP contribution in [0.25, 0.3) is 5.65 Å². The van der Waals surface area contributed by atoms with E-state index in [0.29, 0.717) is 24.7 Å². The second kappa shape index (κ2) is 5.90. The summed E-state index contributed by atoms with van der Waals surface area (Å²) in [7, 11) is 1.76. The number of hydrogen-bond acceptors (Lipinski definition) is 6. The average molecular weight is 365 g/mol. The van der Waals surface area contributed by atoms with E-state index in [0.717, 1.165) is 30.1 Å². The van der Waals surface area contributed by atoms with E-state index in [1.54, 1.807) is 24.1 Å². The number of hydrogen-bond donors (Lipinski definition) is 1. The van der Waals surface area contributed by atoms with Crippen LogP contribution in [0.3, 0.4) is 0 Å². The Labute approximate surface area is 154 Å². The van der Waals surface area contributed by atoms with Gasteiger partial charge in [-0.25, -0.2) is 0 Å². The van der Waals surface area contributed by atoms with Crippen molar-refractivity contribution in [1.82, 2.24) is 29.7 Å². The second-order valence-electron chi connectivity index (χ2n) is 7.20. The van der Waals surface area contributed by atoms with Gasteiger partial charge in [-0.3, -0.25) is 9.59 Å². The highest BCUT2D eigenvalue weighted by Gasteiger charge is 2.35. The van der Waals surface area contributed by atoms with Crippen LogP contribution in [0.15, 0.2) is 35.1 Å². The highest BCUT2D eigenvalue weighted by atomic mass is 16.2. The van der Waals surface area contributed by atoms with Gasteiger partial charge in [0.1, 0.15) is 11.5 Å². The fourth-order valence-electron chi connectivity index (χ4n) is 3.38. The Hall–Kier alpha value is -3.23. The lowest BCUT2D eigenvalue weighted by molar-refractivity contribution is 0.0698. The Bertz CT molecular complexity index is 1080. The van der Waals surface area contributed by atoms with Crippen LogP contribution < -0.4 is 10.5 Å². The highest BCUT2D eigenvalue weighted by molar-refractivity contribution is 5.92. The molecule has 1 aliphatic heterocycles. The van der Waals surface area contributed by atoms with Gasteiger partial charge in [-0.15, -0.1) is 15.3 Å². The van der Waals surface area contributed by atoms with E-state index >= 15 is 0 Å². The van der Waals surface area contributed by atoms with Crippen LogP contribution in [0.2, 0.25) is 0 Å². The molecule has 9 nitrogen and oxygen atoms in total. The molecule has 1 N–H and O–H groups in total. The molecule has 1 aliphatic carbocycles. The molecule has 3 aromatic heterocycles. The van der Waals surface area contributed by atoms with Gasteiger partial charge in [-0.1, -0.05) is 6.07 Å². The van der Waals surface area contributed by atoms with Crippen molar-refractivity contribution in [3.63, 3.8) is 0 Å². The molecule has 9 heteroatoms. The molecule has 5 rings (SSSR count). The predicted molar refractivity (Wildman–Crippen MR) is 97.9 cm³/mol. The Balaban J connectivity index is 1.30. The molecular formula is C18H19N7O2. The first kappa shape index (κ1) is 16.0. The van der Waals surface area contributed by atoms with Crippen LogP contribution >= 0.6 is 0 Å². The first-order valence-electron chi connectivity index (χ1n) is 9.04. The number of aromatic nitrogens is 5. The van der Waals surface area contributed by atoms with Crippen molar-refractivity contribution in [3.8, 4) is 0 Å². The van der Waals surface area contributed by atoms with E-state index in [1.165, 1.54) is 6.07 Å². The largest absolute Gasteiger partial charge is 0.351 e. The normalized spacial score (nSPS) is 17.1. The monoisotopic (exact) mass is 365 g/mol. The molecule has 1 amide bonds. The molecular weight excluding hydrogens is 346 g/mol. The van der Waals surface area contributed by atoms with Crippen molar-refractivity contribution in [1.29, 1.82) is 0 Å². The zero-order chi connectivity index (χ0) is 18.5. The lowest BCUT2D eigenvalue weighted by Crippen LogP contribution is -2.60. The summed E-state index contributed by atoms with van der Waals surface area (Å²) in [5.74, 6) is 2.08. The summed E-state index contributed by atoms with van der Waals surface area (Å²) in [4.78, 5) is 30.3. The van der Waals surface area contributed by atoms with Gasteiger partial charge in [0.2, 0.25) is 5.56 Å². The Kier molecular flexibility index (Phi) is 3.49. The maximum Gasteiger partial charge on any atom is 0.270 e. The molecule has 2 aliphatic rings. The van der Waals surface area contributed by atoms with Crippen LogP contribution in [0, 0.1) is 0 Å². The lowest BCUT2D eigenvalue weighted by Gasteiger charge is -2.44.